The monoisotopic (exact) mass is 503 g/mol. The summed E-state index contributed by atoms with van der Waals surface area (Å²) in [4.78, 5) is 14.2. The summed E-state index contributed by atoms with van der Waals surface area (Å²) in [6, 6.07) is 14.0. The maximum atomic E-state index is 13.9. The highest BCUT2D eigenvalue weighted by Crippen LogP contribution is 2.46. The lowest BCUT2D eigenvalue weighted by Gasteiger charge is -2.52. The minimum Gasteiger partial charge on any atom is -0.503 e. The highest BCUT2D eigenvalue weighted by molar-refractivity contribution is 7.98. The molecule has 35 heavy (non-hydrogen) atoms. The number of aromatic nitrogens is 1. The molecule has 0 saturated carbocycles. The fraction of sp³-hybridized carbons (Fsp3) is 0.320. The van der Waals surface area contributed by atoms with E-state index in [0.717, 1.165) is 39.5 Å². The van der Waals surface area contributed by atoms with Crippen molar-refractivity contribution in [2.24, 2.45) is 0 Å². The van der Waals surface area contributed by atoms with E-state index < -0.39 is 35.2 Å². The van der Waals surface area contributed by atoms with Crippen molar-refractivity contribution in [3.8, 4) is 5.75 Å². The first-order chi connectivity index (χ1) is 16.5. The van der Waals surface area contributed by atoms with Gasteiger partial charge in [-0.15, -0.1) is 11.8 Å². The van der Waals surface area contributed by atoms with Crippen molar-refractivity contribution in [1.82, 2.24) is 9.58 Å². The van der Waals surface area contributed by atoms with Gasteiger partial charge in [0, 0.05) is 22.9 Å². The van der Waals surface area contributed by atoms with Crippen LogP contribution in [0.25, 0.3) is 0 Å². The van der Waals surface area contributed by atoms with Crippen LogP contribution < -0.4 is 10.4 Å². The van der Waals surface area contributed by atoms with Gasteiger partial charge < -0.3 is 10.2 Å². The van der Waals surface area contributed by atoms with Crippen LogP contribution in [-0.4, -0.2) is 38.7 Å². The summed E-state index contributed by atoms with van der Waals surface area (Å²) in [5, 5.41) is 23.7. The molecule has 0 bridgehead atoms. The average Bonchev–Trinajstić information content (AvgIpc) is 2.97. The number of aromatic hydroxyl groups is 1. The Kier molecular flexibility index (Phi) is 5.65. The number of hydrogen-bond acceptors (Lipinski definition) is 6. The predicted octanol–water partition coefficient (Wildman–Crippen LogP) is 4.28. The summed E-state index contributed by atoms with van der Waals surface area (Å²) in [6.07, 6.45) is -3.26. The van der Waals surface area contributed by atoms with Crippen LogP contribution in [0, 0.1) is 0 Å². The van der Waals surface area contributed by atoms with E-state index in [1.165, 1.54) is 17.8 Å². The molecule has 3 atom stereocenters. The number of pyridine rings is 1. The number of benzene rings is 2. The van der Waals surface area contributed by atoms with Crippen LogP contribution in [0.5, 0.6) is 5.75 Å². The quantitative estimate of drug-likeness (QED) is 0.544. The Morgan fingerprint density at radius 3 is 2.46 bits per heavy atom. The number of thioether (sulfide) groups is 1. The number of aliphatic hydroxyl groups is 1. The van der Waals surface area contributed by atoms with E-state index in [-0.39, 0.29) is 12.4 Å². The van der Waals surface area contributed by atoms with Crippen LogP contribution in [0.2, 0.25) is 0 Å². The van der Waals surface area contributed by atoms with E-state index in [0.29, 0.717) is 5.75 Å². The second-order valence-electron chi connectivity index (χ2n) is 8.94. The van der Waals surface area contributed by atoms with E-state index in [4.69, 9.17) is 0 Å². The van der Waals surface area contributed by atoms with Crippen molar-refractivity contribution >= 4 is 11.8 Å². The van der Waals surface area contributed by atoms with E-state index in [2.05, 4.69) is 0 Å². The van der Waals surface area contributed by atoms with Gasteiger partial charge in [-0.2, -0.15) is 13.2 Å². The maximum absolute atomic E-state index is 13.9. The van der Waals surface area contributed by atoms with Crippen molar-refractivity contribution in [3.63, 3.8) is 0 Å². The maximum Gasteiger partial charge on any atom is 0.403 e. The van der Waals surface area contributed by atoms with Crippen molar-refractivity contribution in [3.05, 3.63) is 93.4 Å². The predicted molar refractivity (Wildman–Crippen MR) is 127 cm³/mol. The van der Waals surface area contributed by atoms with Crippen molar-refractivity contribution < 1.29 is 23.4 Å². The van der Waals surface area contributed by atoms with Gasteiger partial charge >= 0.3 is 6.18 Å². The molecule has 0 fully saturated rings. The molecule has 1 unspecified atom stereocenters. The van der Waals surface area contributed by atoms with Gasteiger partial charge in [0.25, 0.3) is 0 Å². The molecule has 3 heterocycles. The summed E-state index contributed by atoms with van der Waals surface area (Å²) >= 11 is 1.64. The first-order valence-corrected chi connectivity index (χ1v) is 12.1. The van der Waals surface area contributed by atoms with Crippen molar-refractivity contribution in [2.75, 3.05) is 11.7 Å². The molecular weight excluding hydrogens is 479 g/mol. The molecule has 2 aromatic carbocycles. The molecule has 5 rings (SSSR count). The van der Waals surface area contributed by atoms with E-state index >= 15 is 0 Å². The molecule has 0 spiro atoms. The number of rotatable bonds is 2. The molecule has 3 aromatic rings. The molecule has 0 amide bonds. The van der Waals surface area contributed by atoms with Gasteiger partial charge in [-0.3, -0.25) is 14.5 Å². The van der Waals surface area contributed by atoms with Gasteiger partial charge in [0.2, 0.25) is 5.43 Å². The Labute approximate surface area is 204 Å². The summed E-state index contributed by atoms with van der Waals surface area (Å²) < 4.78 is 43.2. The zero-order chi connectivity index (χ0) is 25.1. The van der Waals surface area contributed by atoms with E-state index in [9.17, 15) is 28.2 Å². The fourth-order valence-corrected chi connectivity index (χ4v) is 6.06. The molecule has 0 aliphatic carbocycles. The molecule has 0 radical (unpaired) electrons. The molecule has 0 saturated heterocycles. The van der Waals surface area contributed by atoms with Crippen LogP contribution in [0.3, 0.4) is 0 Å². The van der Waals surface area contributed by atoms with E-state index in [1.807, 2.05) is 48.5 Å². The lowest BCUT2D eigenvalue weighted by molar-refractivity contribution is -0.236. The van der Waals surface area contributed by atoms with Crippen LogP contribution in [0.1, 0.15) is 42.3 Å². The third-order valence-electron chi connectivity index (χ3n) is 6.82. The average molecular weight is 504 g/mol. The summed E-state index contributed by atoms with van der Waals surface area (Å²) in [5.74, 6) is -0.105. The standard InChI is InChI=1S/C25H24F3N3O3S/c1-15(25(26,27)28)29-14-31(30-12-11-19(32)22(33)23(30)24(29,2)34)21-17-8-4-3-7-16(17)13-35-20-10-6-5-9-18(20)21/h3-12,15,21,33-34H,13-14H2,1-2H3/t15-,21+,24?/m0/s1. The second-order valence-corrected chi connectivity index (χ2v) is 9.96. The third kappa shape index (κ3) is 3.80. The van der Waals surface area contributed by atoms with Gasteiger partial charge in [-0.1, -0.05) is 42.5 Å². The highest BCUT2D eigenvalue weighted by Gasteiger charge is 2.53. The summed E-state index contributed by atoms with van der Waals surface area (Å²) in [6.45, 7) is 1.81. The summed E-state index contributed by atoms with van der Waals surface area (Å²) in [5.41, 5.74) is -0.551. The van der Waals surface area contributed by atoms with Crippen LogP contribution in [-0.2, 0) is 11.5 Å². The molecule has 184 valence electrons. The van der Waals surface area contributed by atoms with Gasteiger partial charge in [-0.25, -0.2) is 4.90 Å². The molecule has 2 aliphatic heterocycles. The molecule has 2 N–H and O–H groups in total. The van der Waals surface area contributed by atoms with Gasteiger partial charge in [0.1, 0.15) is 11.7 Å². The zero-order valence-electron chi connectivity index (χ0n) is 19.0. The van der Waals surface area contributed by atoms with Gasteiger partial charge in [-0.05, 0) is 36.6 Å². The first kappa shape index (κ1) is 23.8. The zero-order valence-corrected chi connectivity index (χ0v) is 19.8. The lowest BCUT2D eigenvalue weighted by atomic mass is 9.93. The van der Waals surface area contributed by atoms with Gasteiger partial charge in [0.15, 0.2) is 11.5 Å². The Balaban J connectivity index is 1.80. The largest absolute Gasteiger partial charge is 0.503 e. The SMILES string of the molecule is C[C@H](N1CN([C@@H]2c3ccccc3CSc3ccccc32)n2ccc(=O)c(O)c2C1(C)O)C(F)(F)F. The normalized spacial score (nSPS) is 23.1. The highest BCUT2D eigenvalue weighted by atomic mass is 32.2. The van der Waals surface area contributed by atoms with Crippen LogP contribution in [0.15, 0.2) is 70.5 Å². The number of alkyl halides is 3. The second kappa shape index (κ2) is 8.32. The molecule has 10 heteroatoms. The van der Waals surface area contributed by atoms with Crippen molar-refractivity contribution in [1.29, 1.82) is 0 Å². The first-order valence-electron chi connectivity index (χ1n) is 11.1. The van der Waals surface area contributed by atoms with Crippen LogP contribution >= 0.6 is 11.8 Å². The lowest BCUT2D eigenvalue weighted by Crippen LogP contribution is -2.65. The topological polar surface area (TPSA) is 68.9 Å². The van der Waals surface area contributed by atoms with Gasteiger partial charge in [0.05, 0.1) is 12.7 Å². The van der Waals surface area contributed by atoms with E-state index in [1.54, 1.807) is 16.8 Å². The number of hydrogen-bond donors (Lipinski definition) is 2. The molecule has 1 aromatic heterocycles. The smallest absolute Gasteiger partial charge is 0.403 e. The minimum atomic E-state index is -4.66. The van der Waals surface area contributed by atoms with Crippen molar-refractivity contribution in [2.45, 2.75) is 48.5 Å². The fourth-order valence-electron chi connectivity index (χ4n) is 4.97. The number of nitrogens with zero attached hydrogens (tertiary/aromatic N) is 3. The number of fused-ring (bicyclic) bond motifs is 3. The minimum absolute atomic E-state index is 0.306. The Morgan fingerprint density at radius 2 is 1.74 bits per heavy atom. The Bertz CT molecular complexity index is 1290. The van der Waals surface area contributed by atoms with Crippen LogP contribution in [0.4, 0.5) is 13.2 Å². The Morgan fingerprint density at radius 1 is 1.09 bits per heavy atom. The third-order valence-corrected chi connectivity index (χ3v) is 7.96. The summed E-state index contributed by atoms with van der Waals surface area (Å²) in [7, 11) is 0. The molecule has 2 aliphatic rings. The molecule has 6 nitrogen and oxygen atoms in total. The molecular formula is C25H24F3N3O3S. The Hall–Kier alpha value is -2.95. The number of halogens is 3.